The molecule has 1 unspecified atom stereocenters. The van der Waals surface area contributed by atoms with E-state index in [4.69, 9.17) is 4.74 Å². The minimum Gasteiger partial charge on any atom is -0.469 e. The number of allylic oxidation sites excluding steroid dienone is 1. The fourth-order valence-corrected chi connectivity index (χ4v) is 7.69. The number of hydrogen-bond donors (Lipinski definition) is 2. The second-order valence-electron chi connectivity index (χ2n) is 10.7. The number of methoxy groups -OCH3 is 1. The summed E-state index contributed by atoms with van der Waals surface area (Å²) in [5.74, 6) is -0.146. The van der Waals surface area contributed by atoms with Gasteiger partial charge in [-0.25, -0.2) is 8.42 Å². The van der Waals surface area contributed by atoms with Gasteiger partial charge in [0.05, 0.1) is 29.0 Å². The summed E-state index contributed by atoms with van der Waals surface area (Å²) >= 11 is 0. The van der Waals surface area contributed by atoms with Gasteiger partial charge >= 0.3 is 5.97 Å². The molecule has 0 radical (unpaired) electrons. The molecule has 0 saturated heterocycles. The van der Waals surface area contributed by atoms with E-state index in [-0.39, 0.29) is 35.0 Å². The molecule has 0 spiro atoms. The van der Waals surface area contributed by atoms with Crippen LogP contribution in [0.2, 0.25) is 0 Å². The molecule has 6 atom stereocenters. The summed E-state index contributed by atoms with van der Waals surface area (Å²) in [7, 11) is -2.29. The van der Waals surface area contributed by atoms with Gasteiger partial charge < -0.3 is 14.9 Å². The lowest BCUT2D eigenvalue weighted by Gasteiger charge is -2.24. The average molecular weight is 519 g/mol. The third kappa shape index (κ3) is 7.08. The van der Waals surface area contributed by atoms with E-state index in [2.05, 4.69) is 13.0 Å². The summed E-state index contributed by atoms with van der Waals surface area (Å²) in [5, 5.41) is 20.6. The summed E-state index contributed by atoms with van der Waals surface area (Å²) in [5.41, 5.74) is 0.127. The van der Waals surface area contributed by atoms with E-state index < -0.39 is 26.8 Å². The van der Waals surface area contributed by atoms with Crippen molar-refractivity contribution < 1.29 is 28.2 Å². The molecule has 1 saturated carbocycles. The van der Waals surface area contributed by atoms with Crippen LogP contribution in [0.15, 0.2) is 59.0 Å². The minimum atomic E-state index is -3.63. The topological polar surface area (TPSA) is 101 Å². The Bertz CT molecular complexity index is 1030. The van der Waals surface area contributed by atoms with Crippen LogP contribution < -0.4 is 0 Å². The maximum absolute atomic E-state index is 13.7. The first kappa shape index (κ1) is 28.6. The molecule has 36 heavy (non-hydrogen) atoms. The Morgan fingerprint density at radius 2 is 1.97 bits per heavy atom. The molecule has 1 aromatic rings. The Morgan fingerprint density at radius 3 is 2.64 bits per heavy atom. The third-order valence-corrected chi connectivity index (χ3v) is 10.0. The van der Waals surface area contributed by atoms with E-state index >= 15 is 0 Å². The summed E-state index contributed by atoms with van der Waals surface area (Å²) in [6.45, 7) is 3.95. The Morgan fingerprint density at radius 1 is 1.25 bits per heavy atom. The largest absolute Gasteiger partial charge is 0.469 e. The molecule has 3 rings (SSSR count). The van der Waals surface area contributed by atoms with Crippen molar-refractivity contribution in [2.75, 3.05) is 7.11 Å². The predicted octanol–water partition coefficient (Wildman–Crippen LogP) is 5.00. The van der Waals surface area contributed by atoms with E-state index in [9.17, 15) is 23.4 Å². The van der Waals surface area contributed by atoms with Gasteiger partial charge in [0.2, 0.25) is 0 Å². The lowest BCUT2D eigenvalue weighted by molar-refractivity contribution is -0.140. The number of esters is 1. The number of rotatable bonds is 13. The fraction of sp³-hybridized carbons (Fsp3) is 0.621. The highest BCUT2D eigenvalue weighted by Crippen LogP contribution is 2.49. The van der Waals surface area contributed by atoms with Crippen LogP contribution in [-0.4, -0.2) is 48.7 Å². The molecule has 2 aliphatic carbocycles. The van der Waals surface area contributed by atoms with Crippen LogP contribution in [0.4, 0.5) is 0 Å². The molecular weight excluding hydrogens is 476 g/mol. The first-order chi connectivity index (χ1) is 17.1. The molecular formula is C29H42O6S. The van der Waals surface area contributed by atoms with Gasteiger partial charge in [-0.15, -0.1) is 0 Å². The lowest BCUT2D eigenvalue weighted by Crippen LogP contribution is -2.26. The van der Waals surface area contributed by atoms with Gasteiger partial charge in [0.25, 0.3) is 0 Å². The molecule has 0 heterocycles. The van der Waals surface area contributed by atoms with Crippen LogP contribution in [0, 0.1) is 17.8 Å². The van der Waals surface area contributed by atoms with Gasteiger partial charge in [-0.3, -0.25) is 4.79 Å². The molecule has 0 aliphatic heterocycles. The zero-order valence-electron chi connectivity index (χ0n) is 21.8. The maximum atomic E-state index is 13.7. The van der Waals surface area contributed by atoms with Crippen molar-refractivity contribution in [1.29, 1.82) is 0 Å². The molecule has 0 amide bonds. The molecule has 200 valence electrons. The van der Waals surface area contributed by atoms with Crippen molar-refractivity contribution in [3.8, 4) is 0 Å². The van der Waals surface area contributed by atoms with Crippen molar-refractivity contribution in [2.45, 2.75) is 93.5 Å². The third-order valence-electron chi connectivity index (χ3n) is 7.82. The Hall–Kier alpha value is -1.96. The van der Waals surface area contributed by atoms with E-state index in [0.717, 1.165) is 24.8 Å². The van der Waals surface area contributed by atoms with E-state index in [0.29, 0.717) is 32.1 Å². The molecule has 1 fully saturated rings. The van der Waals surface area contributed by atoms with Crippen molar-refractivity contribution in [2.24, 2.45) is 17.8 Å². The zero-order valence-corrected chi connectivity index (χ0v) is 22.6. The standard InChI is InChI=1S/C29H42O6S/c1-4-5-16-29(2,32)17-10-13-24-25-19-22(18-21(25)20-26(24)30)27(14-9-15-28(31)35-3)36(33,34)23-11-7-6-8-12-23/h6-8,10-13,18,21,24-27,30,32H,4-5,9,14-17,19-20H2,1-3H3/b13-10+/t21-,24-,25-,26+,27?,29-/m0/s1. The van der Waals surface area contributed by atoms with Crippen LogP contribution in [0.5, 0.6) is 0 Å². The second-order valence-corrected chi connectivity index (χ2v) is 12.8. The van der Waals surface area contributed by atoms with Crippen LogP contribution in [0.25, 0.3) is 0 Å². The van der Waals surface area contributed by atoms with Crippen molar-refractivity contribution in [3.05, 3.63) is 54.1 Å². The van der Waals surface area contributed by atoms with Crippen molar-refractivity contribution >= 4 is 15.8 Å². The number of sulfone groups is 1. The van der Waals surface area contributed by atoms with E-state index in [1.807, 2.05) is 19.1 Å². The van der Waals surface area contributed by atoms with E-state index in [1.165, 1.54) is 7.11 Å². The van der Waals surface area contributed by atoms with Gasteiger partial charge in [-0.1, -0.05) is 61.8 Å². The van der Waals surface area contributed by atoms with Gasteiger partial charge in [0.1, 0.15) is 0 Å². The number of unbranched alkanes of at least 4 members (excludes halogenated alkanes) is 1. The monoisotopic (exact) mass is 518 g/mol. The highest BCUT2D eigenvalue weighted by Gasteiger charge is 2.46. The van der Waals surface area contributed by atoms with Gasteiger partial charge in [-0.05, 0) is 69.4 Å². The van der Waals surface area contributed by atoms with E-state index in [1.54, 1.807) is 30.3 Å². The Labute approximate surface area is 216 Å². The first-order valence-corrected chi connectivity index (χ1v) is 14.8. The SMILES string of the molecule is CCCC[C@](C)(O)C/C=C/[C@H]1[C@H]2CC(C(CCCC(=O)OC)S(=O)(=O)c3ccccc3)=C[C@H]2C[C@H]1O. The summed E-state index contributed by atoms with van der Waals surface area (Å²) < 4.78 is 32.0. The van der Waals surface area contributed by atoms with Crippen molar-refractivity contribution in [1.82, 2.24) is 0 Å². The molecule has 1 aromatic carbocycles. The van der Waals surface area contributed by atoms with Gasteiger partial charge in [-0.2, -0.15) is 0 Å². The number of benzene rings is 1. The number of hydrogen-bond acceptors (Lipinski definition) is 6. The lowest BCUT2D eigenvalue weighted by atomic mass is 9.87. The number of aliphatic hydroxyl groups excluding tert-OH is 1. The smallest absolute Gasteiger partial charge is 0.305 e. The molecule has 2 N–H and O–H groups in total. The average Bonchev–Trinajstić information content (AvgIpc) is 3.38. The number of carbonyl (C=O) groups is 1. The molecule has 7 heteroatoms. The van der Waals surface area contributed by atoms with Crippen molar-refractivity contribution in [3.63, 3.8) is 0 Å². The zero-order chi connectivity index (χ0) is 26.3. The molecule has 2 aliphatic rings. The molecule has 0 bridgehead atoms. The maximum Gasteiger partial charge on any atom is 0.305 e. The second kappa shape index (κ2) is 12.5. The van der Waals surface area contributed by atoms with Gasteiger partial charge in [0.15, 0.2) is 9.84 Å². The predicted molar refractivity (Wildman–Crippen MR) is 141 cm³/mol. The fourth-order valence-electron chi connectivity index (χ4n) is 5.77. The number of carbonyl (C=O) groups excluding carboxylic acids is 1. The number of aliphatic hydroxyl groups is 2. The highest BCUT2D eigenvalue weighted by molar-refractivity contribution is 7.92. The summed E-state index contributed by atoms with van der Waals surface area (Å²) in [6, 6.07) is 8.49. The summed E-state index contributed by atoms with van der Waals surface area (Å²) in [6.07, 6.45) is 11.1. The first-order valence-electron chi connectivity index (χ1n) is 13.2. The summed E-state index contributed by atoms with van der Waals surface area (Å²) in [4.78, 5) is 12.0. The number of ether oxygens (including phenoxy) is 1. The molecule has 6 nitrogen and oxygen atoms in total. The molecule has 0 aromatic heterocycles. The minimum absolute atomic E-state index is 0.0686. The van der Waals surface area contributed by atoms with Crippen LogP contribution >= 0.6 is 0 Å². The van der Waals surface area contributed by atoms with Gasteiger partial charge in [0, 0.05) is 12.3 Å². The Balaban J connectivity index is 1.76. The van der Waals surface area contributed by atoms with Crippen LogP contribution in [0.3, 0.4) is 0 Å². The number of fused-ring (bicyclic) bond motifs is 1. The highest BCUT2D eigenvalue weighted by atomic mass is 32.2. The normalized spacial score (nSPS) is 26.4. The van der Waals surface area contributed by atoms with Crippen LogP contribution in [-0.2, 0) is 19.4 Å². The Kier molecular flexibility index (Phi) is 9.95. The van der Waals surface area contributed by atoms with Crippen LogP contribution in [0.1, 0.15) is 71.6 Å². The quantitative estimate of drug-likeness (QED) is 0.281.